The summed E-state index contributed by atoms with van der Waals surface area (Å²) in [6.45, 7) is 2.49. The average molecular weight is 215 g/mol. The minimum absolute atomic E-state index is 0.897. The third-order valence-electron chi connectivity index (χ3n) is 4.35. The van der Waals surface area contributed by atoms with Gasteiger partial charge in [0, 0.05) is 12.6 Å². The molecule has 0 N–H and O–H groups in total. The zero-order valence-corrected chi connectivity index (χ0v) is 9.94. The number of benzene rings is 1. The number of fused-ring (bicyclic) bond motifs is 1. The highest BCUT2D eigenvalue weighted by Crippen LogP contribution is 2.36. The van der Waals surface area contributed by atoms with Crippen molar-refractivity contribution in [3.05, 3.63) is 35.9 Å². The minimum atomic E-state index is 0.897. The molecule has 0 amide bonds. The van der Waals surface area contributed by atoms with Gasteiger partial charge in [0.2, 0.25) is 0 Å². The number of likely N-dealkylation sites (tertiary alicyclic amines) is 1. The summed E-state index contributed by atoms with van der Waals surface area (Å²) in [5.41, 5.74) is 1.48. The molecule has 1 heterocycles. The summed E-state index contributed by atoms with van der Waals surface area (Å²) in [6.07, 6.45) is 7.29. The van der Waals surface area contributed by atoms with Gasteiger partial charge in [-0.15, -0.1) is 0 Å². The highest BCUT2D eigenvalue weighted by atomic mass is 15.2. The van der Waals surface area contributed by atoms with Crippen molar-refractivity contribution < 1.29 is 0 Å². The van der Waals surface area contributed by atoms with E-state index in [9.17, 15) is 0 Å². The fourth-order valence-electron chi connectivity index (χ4n) is 3.52. The van der Waals surface area contributed by atoms with E-state index in [2.05, 4.69) is 35.2 Å². The SMILES string of the molecule is c1ccc(CN2CC[C@@H]3CCCC[C@H]32)cc1. The van der Waals surface area contributed by atoms with E-state index in [1.54, 1.807) is 0 Å². The summed E-state index contributed by atoms with van der Waals surface area (Å²) in [6, 6.07) is 11.8. The molecule has 1 nitrogen and oxygen atoms in total. The predicted octanol–water partition coefficient (Wildman–Crippen LogP) is 3.45. The summed E-state index contributed by atoms with van der Waals surface area (Å²) in [5.74, 6) is 1.01. The van der Waals surface area contributed by atoms with Crippen LogP contribution in [0.4, 0.5) is 0 Å². The third-order valence-corrected chi connectivity index (χ3v) is 4.35. The quantitative estimate of drug-likeness (QED) is 0.730. The molecule has 1 saturated heterocycles. The maximum absolute atomic E-state index is 2.72. The molecule has 1 saturated carbocycles. The summed E-state index contributed by atoms with van der Waals surface area (Å²) >= 11 is 0. The van der Waals surface area contributed by atoms with Crippen molar-refractivity contribution >= 4 is 0 Å². The summed E-state index contributed by atoms with van der Waals surface area (Å²) in [5, 5.41) is 0. The van der Waals surface area contributed by atoms with Crippen molar-refractivity contribution in [3.63, 3.8) is 0 Å². The van der Waals surface area contributed by atoms with Crippen molar-refractivity contribution in [2.75, 3.05) is 6.54 Å². The Bertz CT molecular complexity index is 333. The van der Waals surface area contributed by atoms with Gasteiger partial charge in [0.1, 0.15) is 0 Å². The van der Waals surface area contributed by atoms with Crippen LogP contribution in [0, 0.1) is 5.92 Å². The first-order chi connectivity index (χ1) is 7.93. The summed E-state index contributed by atoms with van der Waals surface area (Å²) in [4.78, 5) is 2.72. The maximum Gasteiger partial charge on any atom is 0.0236 e. The first kappa shape index (κ1) is 10.3. The molecule has 1 aliphatic heterocycles. The summed E-state index contributed by atoms with van der Waals surface area (Å²) in [7, 11) is 0. The van der Waals surface area contributed by atoms with E-state index in [0.717, 1.165) is 12.0 Å². The Morgan fingerprint density at radius 3 is 2.69 bits per heavy atom. The first-order valence-corrected chi connectivity index (χ1v) is 6.71. The van der Waals surface area contributed by atoms with E-state index >= 15 is 0 Å². The van der Waals surface area contributed by atoms with Crippen LogP contribution in [0.3, 0.4) is 0 Å². The van der Waals surface area contributed by atoms with E-state index in [0.29, 0.717) is 0 Å². The monoisotopic (exact) mass is 215 g/mol. The van der Waals surface area contributed by atoms with Crippen LogP contribution in [0.5, 0.6) is 0 Å². The molecule has 1 aromatic carbocycles. The van der Waals surface area contributed by atoms with Crippen LogP contribution in [-0.4, -0.2) is 17.5 Å². The second kappa shape index (κ2) is 4.58. The van der Waals surface area contributed by atoms with E-state index in [1.165, 1.54) is 50.8 Å². The lowest BCUT2D eigenvalue weighted by molar-refractivity contribution is 0.176. The van der Waals surface area contributed by atoms with Gasteiger partial charge in [-0.25, -0.2) is 0 Å². The smallest absolute Gasteiger partial charge is 0.0236 e. The summed E-state index contributed by atoms with van der Waals surface area (Å²) < 4.78 is 0. The van der Waals surface area contributed by atoms with Crippen LogP contribution < -0.4 is 0 Å². The normalized spacial score (nSPS) is 30.2. The molecule has 0 spiro atoms. The molecule has 86 valence electrons. The first-order valence-electron chi connectivity index (χ1n) is 6.71. The second-order valence-corrected chi connectivity index (χ2v) is 5.36. The fraction of sp³-hybridized carbons (Fsp3) is 0.600. The van der Waals surface area contributed by atoms with E-state index in [4.69, 9.17) is 0 Å². The molecule has 1 heteroatoms. The lowest BCUT2D eigenvalue weighted by atomic mass is 9.85. The zero-order chi connectivity index (χ0) is 10.8. The van der Waals surface area contributed by atoms with Gasteiger partial charge in [-0.1, -0.05) is 43.2 Å². The molecule has 2 atom stereocenters. The van der Waals surface area contributed by atoms with Crippen LogP contribution in [0.15, 0.2) is 30.3 Å². The zero-order valence-electron chi connectivity index (χ0n) is 9.94. The van der Waals surface area contributed by atoms with Crippen molar-refractivity contribution in [1.82, 2.24) is 4.90 Å². The Kier molecular flexibility index (Phi) is 2.96. The molecule has 1 aromatic rings. The van der Waals surface area contributed by atoms with Gasteiger partial charge in [-0.3, -0.25) is 4.90 Å². The number of hydrogen-bond donors (Lipinski definition) is 0. The van der Waals surface area contributed by atoms with E-state index in [-0.39, 0.29) is 0 Å². The van der Waals surface area contributed by atoms with E-state index < -0.39 is 0 Å². The molecule has 3 rings (SSSR count). The van der Waals surface area contributed by atoms with Gasteiger partial charge in [0.15, 0.2) is 0 Å². The van der Waals surface area contributed by atoms with Crippen molar-refractivity contribution in [1.29, 1.82) is 0 Å². The van der Waals surface area contributed by atoms with Crippen LogP contribution in [-0.2, 0) is 6.54 Å². The predicted molar refractivity (Wildman–Crippen MR) is 67.2 cm³/mol. The van der Waals surface area contributed by atoms with Crippen LogP contribution in [0.25, 0.3) is 0 Å². The number of rotatable bonds is 2. The Morgan fingerprint density at radius 2 is 1.81 bits per heavy atom. The molecular formula is C15H21N. The topological polar surface area (TPSA) is 3.24 Å². The molecule has 2 fully saturated rings. The Morgan fingerprint density at radius 1 is 1.00 bits per heavy atom. The van der Waals surface area contributed by atoms with Gasteiger partial charge < -0.3 is 0 Å². The van der Waals surface area contributed by atoms with E-state index in [1.807, 2.05) is 0 Å². The highest BCUT2D eigenvalue weighted by Gasteiger charge is 2.35. The highest BCUT2D eigenvalue weighted by molar-refractivity contribution is 5.15. The molecule has 1 aliphatic carbocycles. The molecule has 0 unspecified atom stereocenters. The molecule has 0 aromatic heterocycles. The van der Waals surface area contributed by atoms with Crippen LogP contribution in [0.1, 0.15) is 37.7 Å². The third kappa shape index (κ3) is 2.01. The standard InChI is InChI=1S/C15H21N/c1-2-6-13(7-3-1)12-16-11-10-14-8-4-5-9-15(14)16/h1-3,6-7,14-15H,4-5,8-12H2/t14-,15+/m0/s1. The Labute approximate surface area is 98.5 Å². The Balaban J connectivity index is 1.67. The van der Waals surface area contributed by atoms with Gasteiger partial charge in [0.25, 0.3) is 0 Å². The number of hydrogen-bond acceptors (Lipinski definition) is 1. The fourth-order valence-corrected chi connectivity index (χ4v) is 3.52. The largest absolute Gasteiger partial charge is 0.296 e. The lowest BCUT2D eigenvalue weighted by Gasteiger charge is -2.31. The number of nitrogens with zero attached hydrogens (tertiary/aromatic N) is 1. The minimum Gasteiger partial charge on any atom is -0.296 e. The molecular weight excluding hydrogens is 194 g/mol. The van der Waals surface area contributed by atoms with Gasteiger partial charge in [-0.2, -0.15) is 0 Å². The van der Waals surface area contributed by atoms with Crippen LogP contribution in [0.2, 0.25) is 0 Å². The molecule has 16 heavy (non-hydrogen) atoms. The molecule has 2 aliphatic rings. The average Bonchev–Trinajstić information content (AvgIpc) is 2.74. The van der Waals surface area contributed by atoms with Crippen LogP contribution >= 0.6 is 0 Å². The van der Waals surface area contributed by atoms with Gasteiger partial charge in [-0.05, 0) is 37.3 Å². The van der Waals surface area contributed by atoms with Crippen molar-refractivity contribution in [2.45, 2.75) is 44.7 Å². The molecule has 0 bridgehead atoms. The van der Waals surface area contributed by atoms with Crippen molar-refractivity contribution in [3.8, 4) is 0 Å². The second-order valence-electron chi connectivity index (χ2n) is 5.36. The van der Waals surface area contributed by atoms with Gasteiger partial charge >= 0.3 is 0 Å². The lowest BCUT2D eigenvalue weighted by Crippen LogP contribution is -2.34. The van der Waals surface area contributed by atoms with Gasteiger partial charge in [0.05, 0.1) is 0 Å². The Hall–Kier alpha value is -0.820. The molecule has 0 radical (unpaired) electrons. The van der Waals surface area contributed by atoms with Crippen molar-refractivity contribution in [2.24, 2.45) is 5.92 Å². The maximum atomic E-state index is 2.72.